The lowest BCUT2D eigenvalue weighted by molar-refractivity contribution is -0.223. The zero-order valence-electron chi connectivity index (χ0n) is 9.22. The molecule has 0 aromatic carbocycles. The first-order valence-corrected chi connectivity index (χ1v) is 5.58. The molecule has 0 spiro atoms. The maximum atomic E-state index is 12.7. The second kappa shape index (κ2) is 3.89. The van der Waals surface area contributed by atoms with Gasteiger partial charge in [-0.25, -0.2) is 0 Å². The van der Waals surface area contributed by atoms with Crippen LogP contribution in [0, 0.1) is 10.8 Å². The number of rotatable bonds is 4. The Morgan fingerprint density at radius 3 is 2.19 bits per heavy atom. The minimum Gasteiger partial charge on any atom is -0.396 e. The number of halogens is 2. The van der Waals surface area contributed by atoms with Crippen molar-refractivity contribution in [2.24, 2.45) is 10.8 Å². The average Bonchev–Trinajstić information content (AvgIpc) is 2.74. The molecule has 5 heteroatoms. The molecule has 1 aliphatic heterocycles. The highest BCUT2D eigenvalue weighted by Crippen LogP contribution is 2.59. The van der Waals surface area contributed by atoms with Crippen molar-refractivity contribution in [3.63, 3.8) is 0 Å². The molecule has 2 aliphatic rings. The van der Waals surface area contributed by atoms with Crippen LogP contribution in [-0.4, -0.2) is 49.0 Å². The molecule has 1 heterocycles. The molecule has 0 amide bonds. The van der Waals surface area contributed by atoms with E-state index in [1.165, 1.54) is 0 Å². The van der Waals surface area contributed by atoms with Gasteiger partial charge in [0, 0.05) is 17.4 Å². The summed E-state index contributed by atoms with van der Waals surface area (Å²) in [6.07, 6.45) is 0.711. The first-order chi connectivity index (χ1) is 7.55. The fourth-order valence-electron chi connectivity index (χ4n) is 3.03. The van der Waals surface area contributed by atoms with Crippen LogP contribution in [0.25, 0.3) is 0 Å². The topological polar surface area (TPSA) is 49.7 Å². The summed E-state index contributed by atoms with van der Waals surface area (Å²) in [6.45, 7) is -0.948. The van der Waals surface area contributed by atoms with E-state index in [4.69, 9.17) is 4.74 Å². The molecule has 1 aliphatic carbocycles. The van der Waals surface area contributed by atoms with Crippen molar-refractivity contribution < 1.29 is 23.7 Å². The quantitative estimate of drug-likeness (QED) is 0.760. The third-order valence-corrected chi connectivity index (χ3v) is 4.29. The Hall–Kier alpha value is -0.260. The summed E-state index contributed by atoms with van der Waals surface area (Å²) in [6, 6.07) is 0. The van der Waals surface area contributed by atoms with Crippen LogP contribution in [-0.2, 0) is 4.74 Å². The standard InChI is InChI=1S/C11H18F2O3/c12-5-9(6-13)3-11(15,4-9)10(7-14)1-2-16-8-10/h14-15H,1-8H2. The van der Waals surface area contributed by atoms with Crippen molar-refractivity contribution in [1.82, 2.24) is 0 Å². The first kappa shape index (κ1) is 12.2. The van der Waals surface area contributed by atoms with E-state index in [0.717, 1.165) is 0 Å². The summed E-state index contributed by atoms with van der Waals surface area (Å²) in [7, 11) is 0. The van der Waals surface area contributed by atoms with Gasteiger partial charge in [-0.3, -0.25) is 8.78 Å². The second-order valence-corrected chi connectivity index (χ2v) is 5.39. The normalized spacial score (nSPS) is 36.0. The average molecular weight is 236 g/mol. The van der Waals surface area contributed by atoms with Crippen LogP contribution >= 0.6 is 0 Å². The molecule has 1 atom stereocenters. The predicted molar refractivity (Wildman–Crippen MR) is 53.5 cm³/mol. The van der Waals surface area contributed by atoms with E-state index in [2.05, 4.69) is 0 Å². The van der Waals surface area contributed by atoms with E-state index in [9.17, 15) is 19.0 Å². The van der Waals surface area contributed by atoms with Gasteiger partial charge in [0.1, 0.15) is 0 Å². The molecule has 16 heavy (non-hydrogen) atoms. The van der Waals surface area contributed by atoms with Gasteiger partial charge in [0.25, 0.3) is 0 Å². The molecule has 3 nitrogen and oxygen atoms in total. The lowest BCUT2D eigenvalue weighted by Crippen LogP contribution is -2.64. The second-order valence-electron chi connectivity index (χ2n) is 5.39. The highest BCUT2D eigenvalue weighted by Gasteiger charge is 2.64. The van der Waals surface area contributed by atoms with Gasteiger partial charge < -0.3 is 14.9 Å². The van der Waals surface area contributed by atoms with E-state index in [1.54, 1.807) is 0 Å². The Labute approximate surface area is 93.4 Å². The molecule has 0 bridgehead atoms. The highest BCUT2D eigenvalue weighted by molar-refractivity contribution is 5.13. The summed E-state index contributed by atoms with van der Waals surface area (Å²) in [4.78, 5) is 0. The van der Waals surface area contributed by atoms with Gasteiger partial charge >= 0.3 is 0 Å². The number of hydrogen-bond donors (Lipinski definition) is 2. The maximum absolute atomic E-state index is 12.7. The molecule has 0 aromatic rings. The van der Waals surface area contributed by atoms with Crippen LogP contribution < -0.4 is 0 Å². The molecule has 94 valence electrons. The van der Waals surface area contributed by atoms with E-state index < -0.39 is 29.8 Å². The molecule has 2 rings (SSSR count). The Bertz CT molecular complexity index is 252. The van der Waals surface area contributed by atoms with Gasteiger partial charge in [-0.1, -0.05) is 0 Å². The maximum Gasteiger partial charge on any atom is 0.0977 e. The molecule has 0 aromatic heterocycles. The number of aliphatic hydroxyl groups is 2. The van der Waals surface area contributed by atoms with E-state index in [-0.39, 0.29) is 26.1 Å². The van der Waals surface area contributed by atoms with Gasteiger partial charge in [0.15, 0.2) is 0 Å². The van der Waals surface area contributed by atoms with Crippen molar-refractivity contribution in [2.75, 3.05) is 33.2 Å². The molecule has 2 N–H and O–H groups in total. The van der Waals surface area contributed by atoms with Crippen LogP contribution in [0.5, 0.6) is 0 Å². The van der Waals surface area contributed by atoms with Gasteiger partial charge in [-0.2, -0.15) is 0 Å². The fraction of sp³-hybridized carbons (Fsp3) is 1.00. The minimum atomic E-state index is -1.17. The van der Waals surface area contributed by atoms with Crippen LogP contribution in [0.3, 0.4) is 0 Å². The van der Waals surface area contributed by atoms with Crippen LogP contribution in [0.15, 0.2) is 0 Å². The zero-order chi connectivity index (χ0) is 11.9. The van der Waals surface area contributed by atoms with Crippen LogP contribution in [0.4, 0.5) is 8.78 Å². The van der Waals surface area contributed by atoms with E-state index in [1.807, 2.05) is 0 Å². The summed E-state index contributed by atoms with van der Waals surface area (Å²) in [5.74, 6) is 0. The molecular weight excluding hydrogens is 218 g/mol. The third kappa shape index (κ3) is 1.49. The lowest BCUT2D eigenvalue weighted by atomic mass is 9.50. The van der Waals surface area contributed by atoms with Gasteiger partial charge in [-0.05, 0) is 19.3 Å². The SMILES string of the molecule is OCC1(C2(O)CC(CF)(CF)C2)CCOC1. The lowest BCUT2D eigenvalue weighted by Gasteiger charge is -2.58. The highest BCUT2D eigenvalue weighted by atomic mass is 19.1. The predicted octanol–water partition coefficient (Wildman–Crippen LogP) is 0.836. The number of ether oxygens (including phenoxy) is 1. The molecule has 0 radical (unpaired) electrons. The van der Waals surface area contributed by atoms with Crippen molar-refractivity contribution in [3.8, 4) is 0 Å². The van der Waals surface area contributed by atoms with E-state index in [0.29, 0.717) is 13.0 Å². The van der Waals surface area contributed by atoms with Crippen LogP contribution in [0.1, 0.15) is 19.3 Å². The number of alkyl halides is 2. The fourth-order valence-corrected chi connectivity index (χ4v) is 3.03. The Morgan fingerprint density at radius 1 is 1.19 bits per heavy atom. The molecular formula is C11H18F2O3. The number of aliphatic hydroxyl groups excluding tert-OH is 1. The summed E-state index contributed by atoms with van der Waals surface area (Å²) >= 11 is 0. The Kier molecular flexibility index (Phi) is 2.97. The first-order valence-electron chi connectivity index (χ1n) is 5.58. The van der Waals surface area contributed by atoms with Crippen molar-refractivity contribution in [1.29, 1.82) is 0 Å². The van der Waals surface area contributed by atoms with Gasteiger partial charge in [0.05, 0.1) is 32.2 Å². The molecule has 1 unspecified atom stereocenters. The van der Waals surface area contributed by atoms with Gasteiger partial charge in [0.2, 0.25) is 0 Å². The van der Waals surface area contributed by atoms with Crippen molar-refractivity contribution in [3.05, 3.63) is 0 Å². The van der Waals surface area contributed by atoms with E-state index >= 15 is 0 Å². The Morgan fingerprint density at radius 2 is 1.81 bits per heavy atom. The van der Waals surface area contributed by atoms with Crippen LogP contribution in [0.2, 0.25) is 0 Å². The molecule has 2 fully saturated rings. The Balaban J connectivity index is 2.11. The number of hydrogen-bond acceptors (Lipinski definition) is 3. The summed E-state index contributed by atoms with van der Waals surface area (Å²) in [5.41, 5.74) is -2.92. The summed E-state index contributed by atoms with van der Waals surface area (Å²) in [5, 5.41) is 19.8. The monoisotopic (exact) mass is 236 g/mol. The molecule has 1 saturated carbocycles. The molecule has 1 saturated heterocycles. The smallest absolute Gasteiger partial charge is 0.0977 e. The third-order valence-electron chi connectivity index (χ3n) is 4.29. The minimum absolute atomic E-state index is 0.0803. The summed E-state index contributed by atoms with van der Waals surface area (Å²) < 4.78 is 30.6. The van der Waals surface area contributed by atoms with Crippen molar-refractivity contribution >= 4 is 0 Å². The largest absolute Gasteiger partial charge is 0.396 e. The zero-order valence-corrected chi connectivity index (χ0v) is 9.22. The van der Waals surface area contributed by atoms with Crippen molar-refractivity contribution in [2.45, 2.75) is 24.9 Å². The van der Waals surface area contributed by atoms with Gasteiger partial charge in [-0.15, -0.1) is 0 Å².